The molecule has 1 aromatic carbocycles. The van der Waals surface area contributed by atoms with Gasteiger partial charge in [-0.25, -0.2) is 9.97 Å². The summed E-state index contributed by atoms with van der Waals surface area (Å²) in [6.07, 6.45) is 0. The minimum atomic E-state index is -0.278. The van der Waals surface area contributed by atoms with Crippen molar-refractivity contribution in [1.29, 1.82) is 0 Å². The van der Waals surface area contributed by atoms with Crippen LogP contribution in [0.25, 0.3) is 0 Å². The van der Waals surface area contributed by atoms with Gasteiger partial charge in [-0.2, -0.15) is 0 Å². The zero-order chi connectivity index (χ0) is 20.8. The Hall–Kier alpha value is -3.33. The van der Waals surface area contributed by atoms with Crippen LogP contribution >= 0.6 is 11.3 Å². The smallest absolute Gasteiger partial charge is 0.271 e. The summed E-state index contributed by atoms with van der Waals surface area (Å²) in [5.41, 5.74) is 2.04. The first-order valence-electron chi connectivity index (χ1n) is 8.77. The molecule has 0 fully saturated rings. The van der Waals surface area contributed by atoms with Crippen LogP contribution in [0.4, 0.5) is 10.9 Å². The summed E-state index contributed by atoms with van der Waals surface area (Å²) in [7, 11) is 4.64. The molecule has 0 spiro atoms. The number of thiazole rings is 1. The molecular weight excluding hydrogens is 392 g/mol. The fraction of sp³-hybridized carbons (Fsp3) is 0.250. The summed E-state index contributed by atoms with van der Waals surface area (Å²) in [5.74, 6) is 1.97. The van der Waals surface area contributed by atoms with E-state index in [9.17, 15) is 4.79 Å². The van der Waals surface area contributed by atoms with E-state index in [0.717, 1.165) is 11.3 Å². The fourth-order valence-electron chi connectivity index (χ4n) is 2.67. The van der Waals surface area contributed by atoms with Gasteiger partial charge in [-0.05, 0) is 36.8 Å². The number of ether oxygens (including phenoxy) is 3. The van der Waals surface area contributed by atoms with E-state index in [0.29, 0.717) is 33.9 Å². The second-order valence-corrected chi connectivity index (χ2v) is 6.90. The average Bonchev–Trinajstić information content (AvgIpc) is 3.19. The molecule has 3 aromatic rings. The van der Waals surface area contributed by atoms with Gasteiger partial charge in [0.1, 0.15) is 11.5 Å². The second-order valence-electron chi connectivity index (χ2n) is 6.04. The van der Waals surface area contributed by atoms with E-state index in [1.165, 1.54) is 11.3 Å². The van der Waals surface area contributed by atoms with E-state index in [2.05, 4.69) is 20.6 Å². The van der Waals surface area contributed by atoms with Gasteiger partial charge in [-0.15, -0.1) is 11.3 Å². The maximum atomic E-state index is 12.5. The molecule has 2 N–H and O–H groups in total. The summed E-state index contributed by atoms with van der Waals surface area (Å²) in [5, 5.41) is 8.25. The molecule has 9 heteroatoms. The lowest BCUT2D eigenvalue weighted by Crippen LogP contribution is -2.23. The largest absolute Gasteiger partial charge is 0.493 e. The Morgan fingerprint density at radius 3 is 2.41 bits per heavy atom. The third-order valence-electron chi connectivity index (χ3n) is 4.04. The molecule has 0 atom stereocenters. The average molecular weight is 414 g/mol. The van der Waals surface area contributed by atoms with Gasteiger partial charge in [0.05, 0.1) is 21.3 Å². The Kier molecular flexibility index (Phi) is 6.50. The van der Waals surface area contributed by atoms with Crippen LogP contribution in [-0.2, 0) is 6.54 Å². The highest BCUT2D eigenvalue weighted by Gasteiger charge is 2.15. The van der Waals surface area contributed by atoms with Crippen LogP contribution in [-0.4, -0.2) is 37.2 Å². The molecule has 0 bridgehead atoms. The van der Waals surface area contributed by atoms with Crippen molar-refractivity contribution < 1.29 is 19.0 Å². The van der Waals surface area contributed by atoms with E-state index >= 15 is 0 Å². The molecular formula is C20H22N4O4S. The van der Waals surface area contributed by atoms with Crippen molar-refractivity contribution in [3.05, 3.63) is 52.7 Å². The first kappa shape index (κ1) is 20.4. The number of nitrogens with zero attached hydrogens (tertiary/aromatic N) is 2. The minimum Gasteiger partial charge on any atom is -0.493 e. The highest BCUT2D eigenvalue weighted by atomic mass is 32.1. The molecule has 0 saturated heterocycles. The second kappa shape index (κ2) is 9.24. The number of nitrogens with one attached hydrogen (secondary N) is 2. The van der Waals surface area contributed by atoms with Gasteiger partial charge in [0.15, 0.2) is 16.6 Å². The highest BCUT2D eigenvalue weighted by molar-refractivity contribution is 7.14. The minimum absolute atomic E-state index is 0.278. The van der Waals surface area contributed by atoms with Gasteiger partial charge < -0.3 is 24.8 Å². The monoisotopic (exact) mass is 414 g/mol. The number of carbonyl (C=O) groups is 1. The van der Waals surface area contributed by atoms with Crippen molar-refractivity contribution in [3.63, 3.8) is 0 Å². The molecule has 2 aromatic heterocycles. The highest BCUT2D eigenvalue weighted by Crippen LogP contribution is 2.38. The molecule has 0 aliphatic heterocycles. The molecule has 8 nitrogen and oxygen atoms in total. The number of anilines is 2. The number of hydrogen-bond donors (Lipinski definition) is 2. The zero-order valence-electron chi connectivity index (χ0n) is 16.6. The lowest BCUT2D eigenvalue weighted by atomic mass is 10.1. The Morgan fingerprint density at radius 1 is 1.07 bits per heavy atom. The third kappa shape index (κ3) is 4.94. The summed E-state index contributed by atoms with van der Waals surface area (Å²) < 4.78 is 16.0. The Labute approximate surface area is 172 Å². The lowest BCUT2D eigenvalue weighted by molar-refractivity contribution is 0.0946. The summed E-state index contributed by atoms with van der Waals surface area (Å²) >= 11 is 1.34. The molecule has 0 unspecified atom stereocenters. The topological polar surface area (TPSA) is 94.6 Å². The maximum absolute atomic E-state index is 12.5. The van der Waals surface area contributed by atoms with E-state index < -0.39 is 0 Å². The lowest BCUT2D eigenvalue weighted by Gasteiger charge is -2.14. The number of aromatic nitrogens is 2. The van der Waals surface area contributed by atoms with Gasteiger partial charge in [0, 0.05) is 17.6 Å². The van der Waals surface area contributed by atoms with Crippen molar-refractivity contribution in [2.45, 2.75) is 13.5 Å². The maximum Gasteiger partial charge on any atom is 0.271 e. The van der Waals surface area contributed by atoms with Crippen LogP contribution in [0.3, 0.4) is 0 Å². The van der Waals surface area contributed by atoms with Crippen LogP contribution < -0.4 is 24.8 Å². The van der Waals surface area contributed by atoms with Crippen molar-refractivity contribution >= 4 is 28.2 Å². The molecule has 1 amide bonds. The van der Waals surface area contributed by atoms with Crippen LogP contribution in [0.15, 0.2) is 35.7 Å². The predicted molar refractivity (Wildman–Crippen MR) is 112 cm³/mol. The Morgan fingerprint density at radius 2 is 1.79 bits per heavy atom. The molecule has 29 heavy (non-hydrogen) atoms. The Balaban J connectivity index is 1.66. The number of carbonyl (C=O) groups excluding carboxylic acids is 1. The molecule has 0 aliphatic carbocycles. The number of aryl methyl sites for hydroxylation is 1. The Bertz CT molecular complexity index is 981. The van der Waals surface area contributed by atoms with Crippen LogP contribution in [0, 0.1) is 6.92 Å². The van der Waals surface area contributed by atoms with Crippen LogP contribution in [0.1, 0.15) is 21.7 Å². The zero-order valence-corrected chi connectivity index (χ0v) is 17.4. The standard InChI is InChI=1S/C20H22N4O4S/c1-12-6-5-7-17(22-12)24-20-23-14(11-29-20)19(25)21-10-13-8-15(26-2)18(28-4)16(9-13)27-3/h5-9,11H,10H2,1-4H3,(H,21,25)(H,22,23,24). The normalized spacial score (nSPS) is 10.3. The van der Waals surface area contributed by atoms with Crippen molar-refractivity contribution in [2.75, 3.05) is 26.6 Å². The molecule has 0 saturated carbocycles. The number of methoxy groups -OCH3 is 3. The third-order valence-corrected chi connectivity index (χ3v) is 4.80. The van der Waals surface area contributed by atoms with Crippen LogP contribution in [0.2, 0.25) is 0 Å². The molecule has 0 aliphatic rings. The summed E-state index contributed by atoms with van der Waals surface area (Å²) in [6, 6.07) is 9.25. The van der Waals surface area contributed by atoms with Gasteiger partial charge in [0.25, 0.3) is 5.91 Å². The van der Waals surface area contributed by atoms with Crippen LogP contribution in [0.5, 0.6) is 17.2 Å². The fourth-order valence-corrected chi connectivity index (χ4v) is 3.37. The van der Waals surface area contributed by atoms with Gasteiger partial charge in [-0.3, -0.25) is 4.79 Å². The van der Waals surface area contributed by atoms with E-state index in [4.69, 9.17) is 14.2 Å². The van der Waals surface area contributed by atoms with E-state index in [1.54, 1.807) is 38.8 Å². The first-order chi connectivity index (χ1) is 14.0. The predicted octanol–water partition coefficient (Wildman–Crippen LogP) is 3.55. The van der Waals surface area contributed by atoms with Crippen molar-refractivity contribution in [3.8, 4) is 17.2 Å². The number of amides is 1. The van der Waals surface area contributed by atoms with Crippen molar-refractivity contribution in [1.82, 2.24) is 15.3 Å². The van der Waals surface area contributed by atoms with Gasteiger partial charge >= 0.3 is 0 Å². The van der Waals surface area contributed by atoms with Gasteiger partial charge in [-0.1, -0.05) is 6.07 Å². The molecule has 152 valence electrons. The SMILES string of the molecule is COc1cc(CNC(=O)c2csc(Nc3cccc(C)n3)n2)cc(OC)c1OC. The first-order valence-corrected chi connectivity index (χ1v) is 9.65. The molecule has 3 rings (SSSR count). The van der Waals surface area contributed by atoms with E-state index in [-0.39, 0.29) is 12.5 Å². The molecule has 0 radical (unpaired) electrons. The summed E-state index contributed by atoms with van der Waals surface area (Å²) in [4.78, 5) is 21.2. The number of hydrogen-bond acceptors (Lipinski definition) is 8. The summed E-state index contributed by atoms with van der Waals surface area (Å²) in [6.45, 7) is 2.20. The van der Waals surface area contributed by atoms with Crippen molar-refractivity contribution in [2.24, 2.45) is 0 Å². The molecule has 2 heterocycles. The number of pyridine rings is 1. The number of rotatable bonds is 8. The quantitative estimate of drug-likeness (QED) is 0.582. The van der Waals surface area contributed by atoms with E-state index in [1.807, 2.05) is 25.1 Å². The van der Waals surface area contributed by atoms with Gasteiger partial charge in [0.2, 0.25) is 5.75 Å². The number of benzene rings is 1.